The van der Waals surface area contributed by atoms with Crippen molar-refractivity contribution in [3.8, 4) is 11.5 Å². The Morgan fingerprint density at radius 1 is 1.43 bits per heavy atom. The molecule has 3 unspecified atom stereocenters. The van der Waals surface area contributed by atoms with Crippen LogP contribution in [0, 0.1) is 5.92 Å². The van der Waals surface area contributed by atoms with E-state index in [2.05, 4.69) is 22.9 Å². The zero-order valence-electron chi connectivity index (χ0n) is 16.7. The molecule has 0 aliphatic heterocycles. The minimum Gasteiger partial charge on any atom is -0.504 e. The normalized spacial score (nSPS) is 32.7. The Kier molecular flexibility index (Phi) is 4.45. The number of carbonyl (C=O) groups is 2. The molecule has 7 heteroatoms. The van der Waals surface area contributed by atoms with E-state index in [9.17, 15) is 14.7 Å². The molecule has 0 heterocycles. The molecule has 2 fully saturated rings. The first kappa shape index (κ1) is 19.6. The molecule has 1 amide bonds. The number of carbonyl (C=O) groups excluding carboxylic acids is 2. The van der Waals surface area contributed by atoms with Crippen molar-refractivity contribution in [3.05, 3.63) is 21.7 Å². The van der Waals surface area contributed by atoms with Crippen LogP contribution >= 0.6 is 15.9 Å². The van der Waals surface area contributed by atoms with Crippen molar-refractivity contribution in [1.82, 2.24) is 4.90 Å². The number of methoxy groups -OCH3 is 1. The van der Waals surface area contributed by atoms with Gasteiger partial charge in [-0.05, 0) is 37.3 Å². The fraction of sp³-hybridized carbons (Fsp3) is 0.619. The Bertz CT molecular complexity index is 871. The van der Waals surface area contributed by atoms with Crippen molar-refractivity contribution in [2.75, 3.05) is 20.8 Å². The molecule has 3 aliphatic rings. The highest BCUT2D eigenvalue weighted by atomic mass is 79.9. The molecule has 2 saturated carbocycles. The zero-order chi connectivity index (χ0) is 20.4. The summed E-state index contributed by atoms with van der Waals surface area (Å²) in [4.78, 5) is 26.9. The van der Waals surface area contributed by atoms with Crippen molar-refractivity contribution >= 4 is 27.8 Å². The number of Topliss-reactive ketones (excluding diaryl/α,β-unsaturated/α-hetero) is 1. The topological polar surface area (TPSA) is 76.1 Å². The van der Waals surface area contributed by atoms with Gasteiger partial charge in [0.1, 0.15) is 5.78 Å². The van der Waals surface area contributed by atoms with E-state index < -0.39 is 10.8 Å². The van der Waals surface area contributed by atoms with Crippen LogP contribution in [0.1, 0.15) is 50.7 Å². The molecule has 152 valence electrons. The van der Waals surface area contributed by atoms with Gasteiger partial charge in [-0.3, -0.25) is 4.79 Å². The Labute approximate surface area is 173 Å². The summed E-state index contributed by atoms with van der Waals surface area (Å²) in [6.07, 6.45) is 1.98. The predicted molar refractivity (Wildman–Crippen MR) is 107 cm³/mol. The lowest BCUT2D eigenvalue weighted by atomic mass is 9.60. The van der Waals surface area contributed by atoms with E-state index in [4.69, 9.17) is 9.47 Å². The van der Waals surface area contributed by atoms with Crippen LogP contribution in [0.25, 0.3) is 0 Å². The number of halogens is 1. The number of hydrogen-bond acceptors (Lipinski definition) is 5. The second kappa shape index (κ2) is 6.37. The summed E-state index contributed by atoms with van der Waals surface area (Å²) >= 11 is 3.67. The van der Waals surface area contributed by atoms with Gasteiger partial charge in [0.05, 0.1) is 13.7 Å². The number of benzene rings is 1. The summed E-state index contributed by atoms with van der Waals surface area (Å²) in [6, 6.07) is 1.67. The number of amides is 1. The van der Waals surface area contributed by atoms with Crippen molar-refractivity contribution in [2.45, 2.75) is 56.4 Å². The maximum absolute atomic E-state index is 12.6. The fourth-order valence-electron chi connectivity index (χ4n) is 6.47. The summed E-state index contributed by atoms with van der Waals surface area (Å²) in [6.45, 7) is 4.25. The fourth-order valence-corrected chi connectivity index (χ4v) is 7.33. The van der Waals surface area contributed by atoms with Crippen LogP contribution in [-0.2, 0) is 20.4 Å². The Morgan fingerprint density at radius 2 is 2.14 bits per heavy atom. The van der Waals surface area contributed by atoms with Gasteiger partial charge in [0.15, 0.2) is 11.5 Å². The Morgan fingerprint density at radius 3 is 2.79 bits per heavy atom. The molecule has 0 saturated heterocycles. The Balaban J connectivity index is 1.95. The molecule has 3 aliphatic carbocycles. The van der Waals surface area contributed by atoms with Crippen LogP contribution in [0.15, 0.2) is 10.5 Å². The minimum absolute atomic E-state index is 0.0852. The molecule has 1 aromatic rings. The molecule has 1 spiro atoms. The van der Waals surface area contributed by atoms with Gasteiger partial charge < -0.3 is 19.5 Å². The lowest BCUT2D eigenvalue weighted by Gasteiger charge is -2.48. The van der Waals surface area contributed by atoms with Crippen molar-refractivity contribution in [1.29, 1.82) is 0 Å². The number of ketones is 1. The SMILES string of the molecule is CCOC(=O)N(C)C1C2CCC(=O)C[C@]23CC1(C)c1c(Br)cc(OC)c(O)c13. The number of phenolic OH excluding ortho intramolecular Hbond substituents is 1. The Hall–Kier alpha value is -1.76. The quantitative estimate of drug-likeness (QED) is 0.753. The third-order valence-electron chi connectivity index (χ3n) is 7.15. The third kappa shape index (κ3) is 2.31. The largest absolute Gasteiger partial charge is 0.504 e. The van der Waals surface area contributed by atoms with Gasteiger partial charge in [-0.2, -0.15) is 0 Å². The van der Waals surface area contributed by atoms with Gasteiger partial charge in [0.2, 0.25) is 0 Å². The smallest absolute Gasteiger partial charge is 0.409 e. The molecule has 0 radical (unpaired) electrons. The number of aromatic hydroxyl groups is 1. The van der Waals surface area contributed by atoms with Gasteiger partial charge in [0.25, 0.3) is 0 Å². The highest BCUT2D eigenvalue weighted by Gasteiger charge is 2.70. The number of rotatable bonds is 3. The maximum Gasteiger partial charge on any atom is 0.409 e. The minimum atomic E-state index is -0.480. The zero-order valence-corrected chi connectivity index (χ0v) is 18.3. The first-order valence-corrected chi connectivity index (χ1v) is 10.5. The summed E-state index contributed by atoms with van der Waals surface area (Å²) in [5.41, 5.74) is 0.937. The maximum atomic E-state index is 12.6. The first-order chi connectivity index (χ1) is 13.2. The van der Waals surface area contributed by atoms with Gasteiger partial charge in [0, 0.05) is 46.8 Å². The van der Waals surface area contributed by atoms with Gasteiger partial charge in [-0.1, -0.05) is 22.9 Å². The highest BCUT2D eigenvalue weighted by Crippen LogP contribution is 2.71. The van der Waals surface area contributed by atoms with E-state index in [1.807, 2.05) is 0 Å². The van der Waals surface area contributed by atoms with E-state index in [-0.39, 0.29) is 29.6 Å². The van der Waals surface area contributed by atoms with Crippen molar-refractivity contribution in [3.63, 3.8) is 0 Å². The molecule has 6 nitrogen and oxygen atoms in total. The van der Waals surface area contributed by atoms with Gasteiger partial charge in [-0.15, -0.1) is 0 Å². The monoisotopic (exact) mass is 451 g/mol. The highest BCUT2D eigenvalue weighted by molar-refractivity contribution is 9.10. The average Bonchev–Trinajstić information content (AvgIpc) is 3.05. The van der Waals surface area contributed by atoms with Gasteiger partial charge in [-0.25, -0.2) is 4.79 Å². The number of fused-ring (bicyclic) bond motifs is 3. The number of hydrogen-bond donors (Lipinski definition) is 1. The average molecular weight is 452 g/mol. The number of ether oxygens (including phenoxy) is 2. The standard InChI is InChI=1S/C21H26BrNO5/c1-5-28-19(26)23(3)18-12-7-6-11(24)9-21(12)10-20(18,2)15-13(22)8-14(27-4)17(25)16(15)21/h8,12,18,25H,5-7,9-10H2,1-4H3/t12?,18?,20?,21-/m0/s1. The molecule has 1 N–H and O–H groups in total. The van der Waals surface area contributed by atoms with Crippen LogP contribution in [-0.4, -0.2) is 48.7 Å². The van der Waals surface area contributed by atoms with Crippen molar-refractivity contribution < 1.29 is 24.2 Å². The molecule has 2 bridgehead atoms. The summed E-state index contributed by atoms with van der Waals surface area (Å²) in [7, 11) is 3.32. The van der Waals surface area contributed by atoms with E-state index in [1.54, 1.807) is 24.9 Å². The molecule has 28 heavy (non-hydrogen) atoms. The van der Waals surface area contributed by atoms with Crippen LogP contribution in [0.2, 0.25) is 0 Å². The van der Waals surface area contributed by atoms with Crippen LogP contribution in [0.4, 0.5) is 4.79 Å². The second-order valence-electron chi connectivity index (χ2n) is 8.52. The van der Waals surface area contributed by atoms with Crippen LogP contribution in [0.3, 0.4) is 0 Å². The molecular formula is C21H26BrNO5. The molecule has 0 aromatic heterocycles. The van der Waals surface area contributed by atoms with E-state index in [1.165, 1.54) is 7.11 Å². The van der Waals surface area contributed by atoms with E-state index in [0.29, 0.717) is 31.6 Å². The molecular weight excluding hydrogens is 426 g/mol. The lowest BCUT2D eigenvalue weighted by Crippen LogP contribution is -2.54. The summed E-state index contributed by atoms with van der Waals surface area (Å²) in [5, 5.41) is 11.0. The van der Waals surface area contributed by atoms with Crippen LogP contribution < -0.4 is 4.74 Å². The number of likely N-dealkylation sites (N-methyl/N-ethyl adjacent to an activating group) is 1. The molecule has 4 rings (SSSR count). The first-order valence-electron chi connectivity index (χ1n) is 9.73. The van der Waals surface area contributed by atoms with E-state index in [0.717, 1.165) is 22.0 Å². The molecule has 4 atom stereocenters. The third-order valence-corrected chi connectivity index (χ3v) is 7.78. The van der Waals surface area contributed by atoms with Crippen molar-refractivity contribution in [2.24, 2.45) is 5.92 Å². The summed E-state index contributed by atoms with van der Waals surface area (Å²) in [5.74, 6) is 0.829. The lowest BCUT2D eigenvalue weighted by molar-refractivity contribution is -0.123. The van der Waals surface area contributed by atoms with Gasteiger partial charge >= 0.3 is 6.09 Å². The van der Waals surface area contributed by atoms with E-state index >= 15 is 0 Å². The predicted octanol–water partition coefficient (Wildman–Crippen LogP) is 3.90. The summed E-state index contributed by atoms with van der Waals surface area (Å²) < 4.78 is 11.5. The second-order valence-corrected chi connectivity index (χ2v) is 9.38. The number of nitrogens with zero attached hydrogens (tertiary/aromatic N) is 1. The van der Waals surface area contributed by atoms with Crippen LogP contribution in [0.5, 0.6) is 11.5 Å². The number of phenols is 1. The molecule has 1 aromatic carbocycles.